The highest BCUT2D eigenvalue weighted by Crippen LogP contribution is 2.36. The van der Waals surface area contributed by atoms with E-state index >= 15 is 0 Å². The van der Waals surface area contributed by atoms with Crippen molar-refractivity contribution >= 4 is 29.0 Å². The smallest absolute Gasteiger partial charge is 0.226 e. The van der Waals surface area contributed by atoms with Gasteiger partial charge in [0.2, 0.25) is 5.91 Å². The van der Waals surface area contributed by atoms with E-state index in [0.717, 1.165) is 35.9 Å². The van der Waals surface area contributed by atoms with Crippen LogP contribution in [0.3, 0.4) is 0 Å². The van der Waals surface area contributed by atoms with Gasteiger partial charge in [0.25, 0.3) is 0 Å². The summed E-state index contributed by atoms with van der Waals surface area (Å²) in [6, 6.07) is 10.2. The molecule has 2 aromatic rings. The fourth-order valence-corrected chi connectivity index (χ4v) is 6.00. The van der Waals surface area contributed by atoms with Gasteiger partial charge >= 0.3 is 0 Å². The Hall–Kier alpha value is -1.37. The van der Waals surface area contributed by atoms with Gasteiger partial charge in [-0.3, -0.25) is 9.69 Å². The zero-order valence-corrected chi connectivity index (χ0v) is 17.3. The molecule has 1 saturated heterocycles. The zero-order valence-electron chi connectivity index (χ0n) is 15.7. The molecule has 1 saturated carbocycles. The first-order valence-corrected chi connectivity index (χ1v) is 11.9. The molecular weight excluding hydrogens is 374 g/mol. The van der Waals surface area contributed by atoms with Crippen LogP contribution < -0.4 is 5.32 Å². The minimum absolute atomic E-state index is 0.0950. The van der Waals surface area contributed by atoms with Crippen LogP contribution in [-0.2, 0) is 11.2 Å². The lowest BCUT2D eigenvalue weighted by Gasteiger charge is -2.43. The second kappa shape index (κ2) is 8.76. The number of thiazole rings is 1. The van der Waals surface area contributed by atoms with E-state index in [1.165, 1.54) is 37.2 Å². The molecule has 27 heavy (non-hydrogen) atoms. The van der Waals surface area contributed by atoms with Crippen molar-refractivity contribution in [2.75, 3.05) is 31.1 Å². The van der Waals surface area contributed by atoms with Gasteiger partial charge in [0.15, 0.2) is 0 Å². The second-order valence-corrected chi connectivity index (χ2v) is 9.58. The number of carbonyl (C=O) groups excluding carboxylic acids is 1. The van der Waals surface area contributed by atoms with E-state index in [1.54, 1.807) is 11.3 Å². The number of nitrogens with zero attached hydrogens (tertiary/aromatic N) is 2. The van der Waals surface area contributed by atoms with Crippen molar-refractivity contribution in [2.24, 2.45) is 0 Å². The van der Waals surface area contributed by atoms with Crippen LogP contribution in [0.4, 0.5) is 0 Å². The number of aromatic nitrogens is 1. The Morgan fingerprint density at radius 2 is 1.89 bits per heavy atom. The topological polar surface area (TPSA) is 45.2 Å². The molecule has 0 radical (unpaired) electrons. The van der Waals surface area contributed by atoms with Crippen LogP contribution >= 0.6 is 23.1 Å². The Kier molecular flexibility index (Phi) is 6.15. The van der Waals surface area contributed by atoms with E-state index in [-0.39, 0.29) is 11.4 Å². The molecule has 4 rings (SSSR count). The number of carbonyl (C=O) groups is 1. The molecule has 0 unspecified atom stereocenters. The van der Waals surface area contributed by atoms with E-state index in [1.807, 2.05) is 35.3 Å². The molecule has 0 atom stereocenters. The maximum absolute atomic E-state index is 12.6. The number of benzene rings is 1. The number of rotatable bonds is 6. The molecule has 144 valence electrons. The van der Waals surface area contributed by atoms with Crippen LogP contribution in [0.2, 0.25) is 0 Å². The zero-order chi connectivity index (χ0) is 18.5. The van der Waals surface area contributed by atoms with Gasteiger partial charge in [-0.15, -0.1) is 11.3 Å². The maximum Gasteiger partial charge on any atom is 0.226 e. The van der Waals surface area contributed by atoms with E-state index in [4.69, 9.17) is 0 Å². The fourth-order valence-electron chi connectivity index (χ4n) is 4.27. The van der Waals surface area contributed by atoms with Gasteiger partial charge in [-0.2, -0.15) is 11.8 Å². The molecule has 2 heterocycles. The Morgan fingerprint density at radius 3 is 2.63 bits per heavy atom. The van der Waals surface area contributed by atoms with Crippen molar-refractivity contribution in [2.45, 2.75) is 37.6 Å². The standard InChI is InChI=1S/C21H27N3OS2/c25-19(14-18-15-27-20(23-18)17-6-2-1-3-7-17)22-16-21(8-4-5-9-21)24-10-12-26-13-11-24/h1-3,6-7,15H,4-5,8-14,16H2,(H,22,25). The minimum Gasteiger partial charge on any atom is -0.354 e. The van der Waals surface area contributed by atoms with E-state index in [9.17, 15) is 4.79 Å². The van der Waals surface area contributed by atoms with Crippen LogP contribution in [0, 0.1) is 0 Å². The van der Waals surface area contributed by atoms with Gasteiger partial charge < -0.3 is 5.32 Å². The van der Waals surface area contributed by atoms with Crippen LogP contribution in [-0.4, -0.2) is 52.5 Å². The molecule has 1 N–H and O–H groups in total. The normalized spacial score (nSPS) is 19.9. The fraction of sp³-hybridized carbons (Fsp3) is 0.524. The SMILES string of the molecule is O=C(Cc1csc(-c2ccccc2)n1)NCC1(N2CCSCC2)CCCC1. The van der Waals surface area contributed by atoms with Crippen LogP contribution in [0.15, 0.2) is 35.7 Å². The first-order chi connectivity index (χ1) is 13.3. The highest BCUT2D eigenvalue weighted by atomic mass is 32.2. The van der Waals surface area contributed by atoms with Crippen molar-refractivity contribution < 1.29 is 4.79 Å². The highest BCUT2D eigenvalue weighted by molar-refractivity contribution is 7.99. The molecule has 2 aliphatic rings. The lowest BCUT2D eigenvalue weighted by Crippen LogP contribution is -2.56. The monoisotopic (exact) mass is 401 g/mol. The summed E-state index contributed by atoms with van der Waals surface area (Å²) in [5.74, 6) is 2.53. The molecule has 2 fully saturated rings. The summed E-state index contributed by atoms with van der Waals surface area (Å²) in [6.45, 7) is 3.10. The second-order valence-electron chi connectivity index (χ2n) is 7.49. The molecule has 1 aromatic carbocycles. The Morgan fingerprint density at radius 1 is 1.15 bits per heavy atom. The number of hydrogen-bond acceptors (Lipinski definition) is 5. The van der Waals surface area contributed by atoms with Gasteiger partial charge in [0.1, 0.15) is 5.01 Å². The number of hydrogen-bond donors (Lipinski definition) is 1. The van der Waals surface area contributed by atoms with Crippen molar-refractivity contribution in [1.29, 1.82) is 0 Å². The summed E-state index contributed by atoms with van der Waals surface area (Å²) in [5.41, 5.74) is 2.17. The molecular formula is C21H27N3OS2. The third-order valence-electron chi connectivity index (χ3n) is 5.74. The molecule has 1 aliphatic carbocycles. The lowest BCUT2D eigenvalue weighted by atomic mass is 9.94. The lowest BCUT2D eigenvalue weighted by molar-refractivity contribution is -0.121. The number of thioether (sulfide) groups is 1. The Balaban J connectivity index is 1.34. The third-order valence-corrected chi connectivity index (χ3v) is 7.63. The summed E-state index contributed by atoms with van der Waals surface area (Å²) in [6.07, 6.45) is 5.37. The largest absolute Gasteiger partial charge is 0.354 e. The first-order valence-electron chi connectivity index (χ1n) is 9.85. The number of nitrogens with one attached hydrogen (secondary N) is 1. The Labute approximate surface area is 169 Å². The summed E-state index contributed by atoms with van der Waals surface area (Å²) in [5, 5.41) is 6.23. The van der Waals surface area contributed by atoms with Gasteiger partial charge in [0, 0.05) is 47.6 Å². The third kappa shape index (κ3) is 4.55. The molecule has 1 amide bonds. The molecule has 0 spiro atoms. The molecule has 1 aromatic heterocycles. The first kappa shape index (κ1) is 19.0. The maximum atomic E-state index is 12.6. The average molecular weight is 402 g/mol. The van der Waals surface area contributed by atoms with E-state index in [0.29, 0.717) is 6.42 Å². The average Bonchev–Trinajstić information content (AvgIpc) is 3.38. The van der Waals surface area contributed by atoms with Crippen LogP contribution in [0.1, 0.15) is 31.4 Å². The van der Waals surface area contributed by atoms with Gasteiger partial charge in [-0.25, -0.2) is 4.98 Å². The summed E-state index contributed by atoms with van der Waals surface area (Å²) < 4.78 is 0. The van der Waals surface area contributed by atoms with Gasteiger partial charge in [-0.05, 0) is 12.8 Å². The van der Waals surface area contributed by atoms with E-state index < -0.39 is 0 Å². The van der Waals surface area contributed by atoms with Gasteiger partial charge in [-0.1, -0.05) is 43.2 Å². The summed E-state index contributed by atoms with van der Waals surface area (Å²) in [4.78, 5) is 19.9. The van der Waals surface area contributed by atoms with Crippen molar-refractivity contribution in [3.8, 4) is 10.6 Å². The predicted octanol–water partition coefficient (Wildman–Crippen LogP) is 3.83. The van der Waals surface area contributed by atoms with Crippen LogP contribution in [0.25, 0.3) is 10.6 Å². The quantitative estimate of drug-likeness (QED) is 0.799. The molecule has 1 aliphatic heterocycles. The minimum atomic E-state index is 0.0950. The molecule has 4 nitrogen and oxygen atoms in total. The molecule has 0 bridgehead atoms. The highest BCUT2D eigenvalue weighted by Gasteiger charge is 2.40. The molecule has 6 heteroatoms. The van der Waals surface area contributed by atoms with Gasteiger partial charge in [0.05, 0.1) is 12.1 Å². The summed E-state index contributed by atoms with van der Waals surface area (Å²) in [7, 11) is 0. The van der Waals surface area contributed by atoms with Crippen molar-refractivity contribution in [1.82, 2.24) is 15.2 Å². The summed E-state index contributed by atoms with van der Waals surface area (Å²) >= 11 is 3.66. The van der Waals surface area contributed by atoms with E-state index in [2.05, 4.69) is 27.3 Å². The van der Waals surface area contributed by atoms with Crippen LogP contribution in [0.5, 0.6) is 0 Å². The van der Waals surface area contributed by atoms with Crippen molar-refractivity contribution in [3.05, 3.63) is 41.4 Å². The predicted molar refractivity (Wildman–Crippen MR) is 114 cm³/mol. The number of amides is 1. The Bertz CT molecular complexity index is 750. The van der Waals surface area contributed by atoms with Crippen molar-refractivity contribution in [3.63, 3.8) is 0 Å².